The highest BCUT2D eigenvalue weighted by Gasteiger charge is 2.23. The van der Waals surface area contributed by atoms with Gasteiger partial charge >= 0.3 is 0 Å². The van der Waals surface area contributed by atoms with Gasteiger partial charge in [0.1, 0.15) is 10.9 Å². The summed E-state index contributed by atoms with van der Waals surface area (Å²) < 4.78 is 27.7. The molecular weight excluding hydrogens is 376 g/mol. The predicted molar refractivity (Wildman–Crippen MR) is 84.3 cm³/mol. The first-order valence-corrected chi connectivity index (χ1v) is 8.51. The fourth-order valence-electron chi connectivity index (χ4n) is 1.73. The third-order valence-corrected chi connectivity index (χ3v) is 5.12. The zero-order valence-electron chi connectivity index (χ0n) is 10.6. The Kier molecular flexibility index (Phi) is 5.01. The number of hydrogen-bond acceptors (Lipinski definition) is 3. The second-order valence-corrected chi connectivity index (χ2v) is 7.17. The van der Waals surface area contributed by atoms with Crippen LogP contribution in [0.4, 0.5) is 0 Å². The Balaban J connectivity index is 2.35. The molecule has 1 unspecified atom stereocenters. The van der Waals surface area contributed by atoms with Crippen molar-refractivity contribution in [1.82, 2.24) is 4.72 Å². The summed E-state index contributed by atoms with van der Waals surface area (Å²) in [4.78, 5) is -0.0662. The molecule has 0 spiro atoms. The van der Waals surface area contributed by atoms with E-state index in [-0.39, 0.29) is 9.92 Å². The maximum Gasteiger partial charge on any atom is 0.243 e. The number of halogens is 2. The van der Waals surface area contributed by atoms with Crippen LogP contribution in [0, 0.1) is 11.3 Å². The average Bonchev–Trinajstić information content (AvgIpc) is 2.45. The topological polar surface area (TPSA) is 70.0 Å². The van der Waals surface area contributed by atoms with Crippen LogP contribution in [0.5, 0.6) is 0 Å². The molecule has 0 heterocycles. The normalized spacial score (nSPS) is 12.6. The van der Waals surface area contributed by atoms with E-state index in [2.05, 4.69) is 20.7 Å². The van der Waals surface area contributed by atoms with Gasteiger partial charge in [-0.1, -0.05) is 57.9 Å². The maximum atomic E-state index is 12.3. The van der Waals surface area contributed by atoms with E-state index in [1.54, 1.807) is 36.4 Å². The molecule has 0 saturated heterocycles. The number of sulfonamides is 1. The average molecular weight is 386 g/mol. The van der Waals surface area contributed by atoms with E-state index in [0.29, 0.717) is 10.0 Å². The molecule has 2 rings (SSSR count). The van der Waals surface area contributed by atoms with Gasteiger partial charge in [0.15, 0.2) is 0 Å². The molecule has 4 nitrogen and oxygen atoms in total. The highest BCUT2D eigenvalue weighted by molar-refractivity contribution is 9.10. The molecule has 0 aromatic heterocycles. The van der Waals surface area contributed by atoms with Crippen LogP contribution in [0.2, 0.25) is 5.02 Å². The molecule has 0 saturated carbocycles. The van der Waals surface area contributed by atoms with Crippen molar-refractivity contribution in [3.05, 3.63) is 63.6 Å². The van der Waals surface area contributed by atoms with E-state index in [1.165, 1.54) is 12.1 Å². The Labute approximate surface area is 136 Å². The number of nitrogens with one attached hydrogen (secondary N) is 1. The van der Waals surface area contributed by atoms with Crippen molar-refractivity contribution in [3.63, 3.8) is 0 Å². The van der Waals surface area contributed by atoms with Crippen molar-refractivity contribution in [1.29, 1.82) is 5.26 Å². The number of hydrogen-bond donors (Lipinski definition) is 1. The van der Waals surface area contributed by atoms with Crippen molar-refractivity contribution in [3.8, 4) is 6.07 Å². The maximum absolute atomic E-state index is 12.3. The van der Waals surface area contributed by atoms with Crippen LogP contribution >= 0.6 is 27.5 Å². The summed E-state index contributed by atoms with van der Waals surface area (Å²) in [6, 6.07) is 14.0. The number of benzene rings is 2. The first-order valence-electron chi connectivity index (χ1n) is 5.86. The van der Waals surface area contributed by atoms with Crippen LogP contribution in [0.15, 0.2) is 57.9 Å². The molecular formula is C14H10BrClN2O2S. The first-order chi connectivity index (χ1) is 9.94. The summed E-state index contributed by atoms with van der Waals surface area (Å²) in [5, 5.41) is 9.27. The lowest BCUT2D eigenvalue weighted by molar-refractivity contribution is 0.575. The summed E-state index contributed by atoms with van der Waals surface area (Å²) in [7, 11) is -3.89. The molecule has 0 amide bonds. The zero-order valence-corrected chi connectivity index (χ0v) is 13.8. The second-order valence-electron chi connectivity index (χ2n) is 4.17. The smallest absolute Gasteiger partial charge is 0.207 e. The van der Waals surface area contributed by atoms with Crippen LogP contribution in [0.3, 0.4) is 0 Å². The Morgan fingerprint density at radius 2 is 1.86 bits per heavy atom. The van der Waals surface area contributed by atoms with E-state index in [0.717, 1.165) is 0 Å². The third kappa shape index (κ3) is 3.83. The van der Waals surface area contributed by atoms with Crippen molar-refractivity contribution in [2.24, 2.45) is 0 Å². The molecule has 0 aliphatic heterocycles. The summed E-state index contributed by atoms with van der Waals surface area (Å²) >= 11 is 9.17. The Hall–Kier alpha value is -1.39. The van der Waals surface area contributed by atoms with Gasteiger partial charge in [-0.25, -0.2) is 8.42 Å². The fourth-order valence-corrected chi connectivity index (χ4v) is 3.89. The summed E-state index contributed by atoms with van der Waals surface area (Å²) in [6.07, 6.45) is 0. The highest BCUT2D eigenvalue weighted by atomic mass is 79.9. The van der Waals surface area contributed by atoms with E-state index < -0.39 is 16.1 Å². The van der Waals surface area contributed by atoms with Gasteiger partial charge in [-0.05, 0) is 23.8 Å². The molecule has 0 bridgehead atoms. The zero-order chi connectivity index (χ0) is 15.5. The molecule has 1 atom stereocenters. The molecule has 0 aliphatic carbocycles. The van der Waals surface area contributed by atoms with Crippen LogP contribution in [0.1, 0.15) is 11.6 Å². The fraction of sp³-hybridized carbons (Fsp3) is 0.0714. The van der Waals surface area contributed by atoms with Crippen LogP contribution in [-0.2, 0) is 10.0 Å². The van der Waals surface area contributed by atoms with Gasteiger partial charge in [0.25, 0.3) is 0 Å². The summed E-state index contributed by atoms with van der Waals surface area (Å²) in [6.45, 7) is 0. The lowest BCUT2D eigenvalue weighted by Crippen LogP contribution is -2.28. The van der Waals surface area contributed by atoms with Gasteiger partial charge in [0.2, 0.25) is 10.0 Å². The minimum atomic E-state index is -3.89. The predicted octanol–water partition coefficient (Wildman–Crippen LogP) is 3.65. The third-order valence-electron chi connectivity index (χ3n) is 2.72. The largest absolute Gasteiger partial charge is 0.243 e. The first kappa shape index (κ1) is 16.0. The second kappa shape index (κ2) is 6.58. The Morgan fingerprint density at radius 1 is 1.19 bits per heavy atom. The van der Waals surface area contributed by atoms with Gasteiger partial charge in [-0.3, -0.25) is 0 Å². The van der Waals surface area contributed by atoms with Crippen LogP contribution in [0.25, 0.3) is 0 Å². The van der Waals surface area contributed by atoms with Crippen molar-refractivity contribution < 1.29 is 8.42 Å². The van der Waals surface area contributed by atoms with Gasteiger partial charge < -0.3 is 0 Å². The van der Waals surface area contributed by atoms with E-state index in [9.17, 15) is 13.7 Å². The SMILES string of the molecule is N#CC(NS(=O)(=O)c1ccc(Br)cc1Cl)c1ccccc1. The molecule has 0 radical (unpaired) electrons. The minimum Gasteiger partial charge on any atom is -0.207 e. The van der Waals surface area contributed by atoms with E-state index in [4.69, 9.17) is 11.6 Å². The van der Waals surface area contributed by atoms with Crippen molar-refractivity contribution >= 4 is 37.6 Å². The standard InChI is InChI=1S/C14H10BrClN2O2S/c15-11-6-7-14(12(16)8-11)21(19,20)18-13(9-17)10-4-2-1-3-5-10/h1-8,13,18H. The number of nitriles is 1. The van der Waals surface area contributed by atoms with E-state index in [1.807, 2.05) is 6.07 Å². The Bertz CT molecular complexity index is 788. The number of nitrogens with zero attached hydrogens (tertiary/aromatic N) is 1. The molecule has 0 aliphatic rings. The number of rotatable bonds is 4. The van der Waals surface area contributed by atoms with Gasteiger partial charge in [-0.2, -0.15) is 9.98 Å². The monoisotopic (exact) mass is 384 g/mol. The molecule has 21 heavy (non-hydrogen) atoms. The van der Waals surface area contributed by atoms with E-state index >= 15 is 0 Å². The molecule has 0 fully saturated rings. The van der Waals surface area contributed by atoms with Gasteiger partial charge in [0.05, 0.1) is 11.1 Å². The molecule has 2 aromatic carbocycles. The Morgan fingerprint density at radius 3 is 2.43 bits per heavy atom. The lowest BCUT2D eigenvalue weighted by Gasteiger charge is -2.13. The molecule has 1 N–H and O–H groups in total. The lowest BCUT2D eigenvalue weighted by atomic mass is 10.1. The van der Waals surface area contributed by atoms with Crippen LogP contribution in [-0.4, -0.2) is 8.42 Å². The van der Waals surface area contributed by atoms with Crippen LogP contribution < -0.4 is 4.72 Å². The van der Waals surface area contributed by atoms with Crippen molar-refractivity contribution in [2.45, 2.75) is 10.9 Å². The minimum absolute atomic E-state index is 0.0662. The summed E-state index contributed by atoms with van der Waals surface area (Å²) in [5.41, 5.74) is 0.566. The summed E-state index contributed by atoms with van der Waals surface area (Å²) in [5.74, 6) is 0. The van der Waals surface area contributed by atoms with Crippen molar-refractivity contribution in [2.75, 3.05) is 0 Å². The highest BCUT2D eigenvalue weighted by Crippen LogP contribution is 2.26. The molecule has 108 valence electrons. The van der Waals surface area contributed by atoms with Gasteiger partial charge in [0, 0.05) is 4.47 Å². The molecule has 7 heteroatoms. The quantitative estimate of drug-likeness (QED) is 0.873. The van der Waals surface area contributed by atoms with Gasteiger partial charge in [-0.15, -0.1) is 0 Å². The molecule has 2 aromatic rings.